The SMILES string of the molecule is CCCCCCCCCCCCCCCCCCCC=CCC(O)C(=O)O. The Hall–Kier alpha value is -0.830. The van der Waals surface area contributed by atoms with Crippen molar-refractivity contribution in [1.82, 2.24) is 0 Å². The van der Waals surface area contributed by atoms with Crippen molar-refractivity contribution in [3.8, 4) is 0 Å². The van der Waals surface area contributed by atoms with Gasteiger partial charge in [-0.3, -0.25) is 0 Å². The maximum absolute atomic E-state index is 10.4. The van der Waals surface area contributed by atoms with Crippen LogP contribution in [0.4, 0.5) is 0 Å². The van der Waals surface area contributed by atoms with Crippen LogP contribution in [0.2, 0.25) is 0 Å². The molecule has 0 rings (SSSR count). The molecular formula is C24H46O3. The number of hydrogen-bond acceptors (Lipinski definition) is 2. The standard InChI is InChI=1S/C24H46O3/c1-2-3-4-5-6-7-8-9-10-11-12-13-14-15-16-17-18-19-20-21-22-23(25)24(26)27/h20-21,23,25H,2-19,22H2,1H3,(H,26,27). The van der Waals surface area contributed by atoms with E-state index in [9.17, 15) is 4.79 Å². The highest BCUT2D eigenvalue weighted by Crippen LogP contribution is 2.14. The fourth-order valence-corrected chi connectivity index (χ4v) is 3.43. The molecule has 2 N–H and O–H groups in total. The third kappa shape index (κ3) is 21.3. The van der Waals surface area contributed by atoms with E-state index in [-0.39, 0.29) is 6.42 Å². The molecule has 0 aliphatic carbocycles. The molecule has 0 saturated heterocycles. The van der Waals surface area contributed by atoms with Crippen LogP contribution >= 0.6 is 0 Å². The molecule has 0 aromatic heterocycles. The van der Waals surface area contributed by atoms with Gasteiger partial charge in [-0.2, -0.15) is 0 Å². The molecule has 0 aliphatic heterocycles. The molecule has 0 spiro atoms. The minimum absolute atomic E-state index is 0.217. The molecule has 0 amide bonds. The molecule has 0 saturated carbocycles. The lowest BCUT2D eigenvalue weighted by Gasteiger charge is -2.03. The van der Waals surface area contributed by atoms with Crippen molar-refractivity contribution < 1.29 is 15.0 Å². The second-order valence-corrected chi connectivity index (χ2v) is 8.01. The predicted octanol–water partition coefficient (Wildman–Crippen LogP) is 7.42. The zero-order valence-electron chi connectivity index (χ0n) is 18.0. The molecule has 27 heavy (non-hydrogen) atoms. The monoisotopic (exact) mass is 382 g/mol. The Bertz CT molecular complexity index is 339. The Morgan fingerprint density at radius 3 is 1.41 bits per heavy atom. The van der Waals surface area contributed by atoms with Gasteiger partial charge in [-0.05, 0) is 12.8 Å². The zero-order chi connectivity index (χ0) is 20.0. The summed E-state index contributed by atoms with van der Waals surface area (Å²) in [7, 11) is 0. The highest BCUT2D eigenvalue weighted by molar-refractivity contribution is 5.72. The summed E-state index contributed by atoms with van der Waals surface area (Å²) in [5.74, 6) is -1.14. The Labute approximate surface area is 168 Å². The van der Waals surface area contributed by atoms with E-state index < -0.39 is 12.1 Å². The number of carboxylic acid groups (broad SMARTS) is 1. The van der Waals surface area contributed by atoms with Crippen LogP contribution in [-0.2, 0) is 4.79 Å². The first-order chi connectivity index (χ1) is 13.2. The predicted molar refractivity (Wildman–Crippen MR) is 116 cm³/mol. The van der Waals surface area contributed by atoms with E-state index in [2.05, 4.69) is 6.92 Å². The van der Waals surface area contributed by atoms with Gasteiger partial charge in [0.15, 0.2) is 6.10 Å². The number of hydrogen-bond donors (Lipinski definition) is 2. The molecule has 0 radical (unpaired) electrons. The quantitative estimate of drug-likeness (QED) is 0.160. The minimum Gasteiger partial charge on any atom is -0.479 e. The van der Waals surface area contributed by atoms with Crippen molar-refractivity contribution in [2.75, 3.05) is 0 Å². The molecule has 1 atom stereocenters. The van der Waals surface area contributed by atoms with Crippen LogP contribution in [0.1, 0.15) is 129 Å². The Kier molecular flexibility index (Phi) is 20.8. The first-order valence-electron chi connectivity index (χ1n) is 11.7. The molecule has 0 heterocycles. The number of aliphatic carboxylic acids is 1. The van der Waals surface area contributed by atoms with Gasteiger partial charge in [0.2, 0.25) is 0 Å². The summed E-state index contributed by atoms with van der Waals surface area (Å²) in [6.45, 7) is 2.28. The molecule has 3 nitrogen and oxygen atoms in total. The third-order valence-electron chi connectivity index (χ3n) is 5.29. The lowest BCUT2D eigenvalue weighted by Crippen LogP contribution is -2.17. The number of carbonyl (C=O) groups is 1. The molecule has 0 aliphatic rings. The highest BCUT2D eigenvalue weighted by atomic mass is 16.4. The summed E-state index contributed by atoms with van der Waals surface area (Å²) in [5.41, 5.74) is 0. The Morgan fingerprint density at radius 2 is 1.04 bits per heavy atom. The lowest BCUT2D eigenvalue weighted by molar-refractivity contribution is -0.146. The lowest BCUT2D eigenvalue weighted by atomic mass is 10.0. The Balaban J connectivity index is 3.11. The number of carboxylic acids is 1. The van der Waals surface area contributed by atoms with Gasteiger partial charge in [-0.15, -0.1) is 0 Å². The second-order valence-electron chi connectivity index (χ2n) is 8.01. The van der Waals surface area contributed by atoms with Crippen molar-refractivity contribution >= 4 is 5.97 Å². The average Bonchev–Trinajstić information content (AvgIpc) is 2.66. The molecule has 0 bridgehead atoms. The topological polar surface area (TPSA) is 57.5 Å². The number of allylic oxidation sites excluding steroid dienone is 1. The maximum Gasteiger partial charge on any atom is 0.332 e. The second kappa shape index (κ2) is 21.5. The summed E-state index contributed by atoms with van der Waals surface area (Å²) in [5, 5.41) is 17.7. The maximum atomic E-state index is 10.4. The van der Waals surface area contributed by atoms with E-state index in [0.29, 0.717) is 0 Å². The summed E-state index contributed by atoms with van der Waals surface area (Å²) < 4.78 is 0. The van der Waals surface area contributed by atoms with Gasteiger partial charge in [0, 0.05) is 6.42 Å². The Morgan fingerprint density at radius 1 is 0.667 bits per heavy atom. The first kappa shape index (κ1) is 26.2. The smallest absolute Gasteiger partial charge is 0.332 e. The summed E-state index contributed by atoms with van der Waals surface area (Å²) in [4.78, 5) is 10.4. The van der Waals surface area contributed by atoms with E-state index in [1.165, 1.54) is 103 Å². The highest BCUT2D eigenvalue weighted by Gasteiger charge is 2.09. The van der Waals surface area contributed by atoms with Crippen LogP contribution < -0.4 is 0 Å². The molecule has 1 unspecified atom stereocenters. The number of rotatable bonds is 21. The van der Waals surface area contributed by atoms with Crippen molar-refractivity contribution in [1.29, 1.82) is 0 Å². The van der Waals surface area contributed by atoms with Crippen molar-refractivity contribution in [2.24, 2.45) is 0 Å². The number of unbranched alkanes of at least 4 members (excludes halogenated alkanes) is 17. The molecule has 0 aromatic carbocycles. The first-order valence-corrected chi connectivity index (χ1v) is 11.7. The van der Waals surface area contributed by atoms with Crippen LogP contribution in [0.25, 0.3) is 0 Å². The van der Waals surface area contributed by atoms with Gasteiger partial charge in [0.1, 0.15) is 0 Å². The van der Waals surface area contributed by atoms with Gasteiger partial charge in [-0.25, -0.2) is 4.79 Å². The van der Waals surface area contributed by atoms with E-state index in [4.69, 9.17) is 10.2 Å². The molecule has 0 fully saturated rings. The average molecular weight is 383 g/mol. The van der Waals surface area contributed by atoms with E-state index in [1.54, 1.807) is 6.08 Å². The molecule has 160 valence electrons. The van der Waals surface area contributed by atoms with Crippen LogP contribution in [0.15, 0.2) is 12.2 Å². The van der Waals surface area contributed by atoms with Crippen LogP contribution in [0, 0.1) is 0 Å². The van der Waals surface area contributed by atoms with Gasteiger partial charge in [0.05, 0.1) is 0 Å². The summed E-state index contributed by atoms with van der Waals surface area (Å²) in [6.07, 6.45) is 27.2. The van der Waals surface area contributed by atoms with E-state index in [0.717, 1.165) is 12.8 Å². The molecular weight excluding hydrogens is 336 g/mol. The van der Waals surface area contributed by atoms with Crippen LogP contribution in [-0.4, -0.2) is 22.3 Å². The minimum atomic E-state index is -1.25. The zero-order valence-corrected chi connectivity index (χ0v) is 18.0. The normalized spacial score (nSPS) is 12.7. The van der Waals surface area contributed by atoms with E-state index in [1.807, 2.05) is 6.08 Å². The number of aliphatic hydroxyl groups excluding tert-OH is 1. The van der Waals surface area contributed by atoms with Gasteiger partial charge in [-0.1, -0.05) is 122 Å². The van der Waals surface area contributed by atoms with Crippen LogP contribution in [0.5, 0.6) is 0 Å². The molecule has 3 heteroatoms. The van der Waals surface area contributed by atoms with Crippen molar-refractivity contribution in [2.45, 2.75) is 135 Å². The van der Waals surface area contributed by atoms with E-state index >= 15 is 0 Å². The fourth-order valence-electron chi connectivity index (χ4n) is 3.43. The summed E-state index contributed by atoms with van der Waals surface area (Å²) in [6, 6.07) is 0. The third-order valence-corrected chi connectivity index (χ3v) is 5.29. The van der Waals surface area contributed by atoms with Gasteiger partial charge >= 0.3 is 5.97 Å². The van der Waals surface area contributed by atoms with Crippen molar-refractivity contribution in [3.05, 3.63) is 12.2 Å². The van der Waals surface area contributed by atoms with Gasteiger partial charge in [0.25, 0.3) is 0 Å². The van der Waals surface area contributed by atoms with Crippen LogP contribution in [0.3, 0.4) is 0 Å². The van der Waals surface area contributed by atoms with Crippen molar-refractivity contribution in [3.63, 3.8) is 0 Å². The largest absolute Gasteiger partial charge is 0.479 e. The number of aliphatic hydroxyl groups is 1. The van der Waals surface area contributed by atoms with Gasteiger partial charge < -0.3 is 10.2 Å². The fraction of sp³-hybridized carbons (Fsp3) is 0.875. The summed E-state index contributed by atoms with van der Waals surface area (Å²) >= 11 is 0. The molecule has 0 aromatic rings.